The molecule has 0 fully saturated rings. The van der Waals surface area contributed by atoms with Crippen LogP contribution in [0, 0.1) is 6.92 Å². The van der Waals surface area contributed by atoms with Crippen LogP contribution in [0.4, 0.5) is 0 Å². The van der Waals surface area contributed by atoms with E-state index in [0.717, 1.165) is 12.0 Å². The number of hydrogen-bond acceptors (Lipinski definition) is 3. The standard InChI is InChI=1S/C12H20N2O/c1-9-6-10(7-12(2,3)13-4)8-14-11(9)15-5/h6,8,13H,7H2,1-5H3. The molecule has 15 heavy (non-hydrogen) atoms. The fourth-order valence-corrected chi connectivity index (χ4v) is 1.53. The van der Waals surface area contributed by atoms with Crippen molar-refractivity contribution in [3.63, 3.8) is 0 Å². The van der Waals surface area contributed by atoms with Crippen molar-refractivity contribution in [3.8, 4) is 5.88 Å². The molecule has 1 heterocycles. The first kappa shape index (κ1) is 12.0. The molecule has 0 aromatic carbocycles. The van der Waals surface area contributed by atoms with E-state index in [0.29, 0.717) is 5.88 Å². The second kappa shape index (κ2) is 4.62. The number of aryl methyl sites for hydroxylation is 1. The van der Waals surface area contributed by atoms with E-state index < -0.39 is 0 Å². The highest BCUT2D eigenvalue weighted by atomic mass is 16.5. The first-order valence-electron chi connectivity index (χ1n) is 5.17. The minimum absolute atomic E-state index is 0.0999. The van der Waals surface area contributed by atoms with Crippen LogP contribution in [-0.4, -0.2) is 24.7 Å². The van der Waals surface area contributed by atoms with E-state index in [2.05, 4.69) is 30.2 Å². The zero-order chi connectivity index (χ0) is 11.5. The van der Waals surface area contributed by atoms with Gasteiger partial charge in [0.2, 0.25) is 5.88 Å². The van der Waals surface area contributed by atoms with E-state index in [1.165, 1.54) is 5.56 Å². The first-order valence-corrected chi connectivity index (χ1v) is 5.17. The summed E-state index contributed by atoms with van der Waals surface area (Å²) in [4.78, 5) is 4.27. The van der Waals surface area contributed by atoms with Crippen LogP contribution in [0.1, 0.15) is 25.0 Å². The predicted octanol–water partition coefficient (Wildman–Crippen LogP) is 1.94. The highest BCUT2D eigenvalue weighted by Gasteiger charge is 2.16. The Labute approximate surface area is 91.9 Å². The molecule has 1 N–H and O–H groups in total. The fourth-order valence-electron chi connectivity index (χ4n) is 1.53. The molecule has 1 aromatic rings. The molecule has 0 aliphatic heterocycles. The average Bonchev–Trinajstić information content (AvgIpc) is 2.17. The number of hydrogen-bond donors (Lipinski definition) is 1. The van der Waals surface area contributed by atoms with Gasteiger partial charge in [-0.2, -0.15) is 0 Å². The number of nitrogens with one attached hydrogen (secondary N) is 1. The Morgan fingerprint density at radius 1 is 1.47 bits per heavy atom. The third-order valence-corrected chi connectivity index (χ3v) is 2.60. The van der Waals surface area contributed by atoms with E-state index in [1.54, 1.807) is 7.11 Å². The maximum absolute atomic E-state index is 5.13. The van der Waals surface area contributed by atoms with Gasteiger partial charge in [0.15, 0.2) is 0 Å². The summed E-state index contributed by atoms with van der Waals surface area (Å²) in [6.07, 6.45) is 2.84. The van der Waals surface area contributed by atoms with Gasteiger partial charge in [-0.3, -0.25) is 0 Å². The molecule has 0 amide bonds. The average molecular weight is 208 g/mol. The molecule has 0 radical (unpaired) electrons. The van der Waals surface area contributed by atoms with Gasteiger partial charge in [0, 0.05) is 17.3 Å². The molecule has 84 valence electrons. The van der Waals surface area contributed by atoms with Crippen LogP contribution in [0.3, 0.4) is 0 Å². The summed E-state index contributed by atoms with van der Waals surface area (Å²) in [7, 11) is 3.62. The lowest BCUT2D eigenvalue weighted by molar-refractivity contribution is 0.392. The third-order valence-electron chi connectivity index (χ3n) is 2.60. The molecule has 0 saturated heterocycles. The number of rotatable bonds is 4. The predicted molar refractivity (Wildman–Crippen MR) is 62.4 cm³/mol. The van der Waals surface area contributed by atoms with Crippen molar-refractivity contribution in [2.24, 2.45) is 0 Å². The zero-order valence-electron chi connectivity index (χ0n) is 10.2. The van der Waals surface area contributed by atoms with Gasteiger partial charge < -0.3 is 10.1 Å². The van der Waals surface area contributed by atoms with E-state index in [-0.39, 0.29) is 5.54 Å². The highest BCUT2D eigenvalue weighted by Crippen LogP contribution is 2.18. The number of ether oxygens (including phenoxy) is 1. The Bertz CT molecular complexity index is 334. The third kappa shape index (κ3) is 3.20. The highest BCUT2D eigenvalue weighted by molar-refractivity contribution is 5.29. The summed E-state index contributed by atoms with van der Waals surface area (Å²) < 4.78 is 5.13. The quantitative estimate of drug-likeness (QED) is 0.821. The minimum atomic E-state index is 0.0999. The number of likely N-dealkylation sites (N-methyl/N-ethyl adjacent to an activating group) is 1. The van der Waals surface area contributed by atoms with Crippen LogP contribution in [0.5, 0.6) is 5.88 Å². The molecule has 0 atom stereocenters. The second-order valence-corrected chi connectivity index (χ2v) is 4.48. The molecular weight excluding hydrogens is 188 g/mol. The van der Waals surface area contributed by atoms with Crippen molar-refractivity contribution in [3.05, 3.63) is 23.4 Å². The van der Waals surface area contributed by atoms with Crippen LogP contribution >= 0.6 is 0 Å². The summed E-state index contributed by atoms with van der Waals surface area (Å²) in [6, 6.07) is 2.13. The normalized spacial score (nSPS) is 11.5. The molecule has 3 heteroatoms. The van der Waals surface area contributed by atoms with Crippen molar-refractivity contribution >= 4 is 0 Å². The van der Waals surface area contributed by atoms with Gasteiger partial charge in [-0.1, -0.05) is 0 Å². The number of methoxy groups -OCH3 is 1. The van der Waals surface area contributed by atoms with Crippen molar-refractivity contribution in [1.82, 2.24) is 10.3 Å². The fraction of sp³-hybridized carbons (Fsp3) is 0.583. The van der Waals surface area contributed by atoms with Crippen LogP contribution in [-0.2, 0) is 6.42 Å². The smallest absolute Gasteiger partial charge is 0.215 e. The van der Waals surface area contributed by atoms with Crippen LogP contribution < -0.4 is 10.1 Å². The molecule has 0 bridgehead atoms. The Morgan fingerprint density at radius 2 is 2.13 bits per heavy atom. The van der Waals surface area contributed by atoms with Crippen LogP contribution in [0.2, 0.25) is 0 Å². The topological polar surface area (TPSA) is 34.2 Å². The van der Waals surface area contributed by atoms with Crippen molar-refractivity contribution < 1.29 is 4.74 Å². The monoisotopic (exact) mass is 208 g/mol. The molecular formula is C12H20N2O. The number of nitrogens with zero attached hydrogens (tertiary/aromatic N) is 1. The lowest BCUT2D eigenvalue weighted by Crippen LogP contribution is -2.38. The zero-order valence-corrected chi connectivity index (χ0v) is 10.2. The van der Waals surface area contributed by atoms with E-state index >= 15 is 0 Å². The van der Waals surface area contributed by atoms with Gasteiger partial charge in [-0.25, -0.2) is 4.98 Å². The van der Waals surface area contributed by atoms with Gasteiger partial charge in [-0.05, 0) is 45.9 Å². The maximum atomic E-state index is 5.13. The lowest BCUT2D eigenvalue weighted by Gasteiger charge is -2.24. The molecule has 0 aliphatic rings. The molecule has 3 nitrogen and oxygen atoms in total. The summed E-state index contributed by atoms with van der Waals surface area (Å²) in [5, 5.41) is 3.28. The largest absolute Gasteiger partial charge is 0.481 e. The summed E-state index contributed by atoms with van der Waals surface area (Å²) in [6.45, 7) is 6.36. The number of aromatic nitrogens is 1. The molecule has 0 spiro atoms. The summed E-state index contributed by atoms with van der Waals surface area (Å²) in [5.74, 6) is 0.709. The van der Waals surface area contributed by atoms with E-state index in [9.17, 15) is 0 Å². The Kier molecular flexibility index (Phi) is 3.69. The van der Waals surface area contributed by atoms with Crippen LogP contribution in [0.15, 0.2) is 12.3 Å². The van der Waals surface area contributed by atoms with Crippen molar-refractivity contribution in [2.75, 3.05) is 14.2 Å². The lowest BCUT2D eigenvalue weighted by atomic mass is 9.96. The SMILES string of the molecule is CNC(C)(C)Cc1cnc(OC)c(C)c1. The minimum Gasteiger partial charge on any atom is -0.481 e. The van der Waals surface area contributed by atoms with E-state index in [4.69, 9.17) is 4.74 Å². The molecule has 0 unspecified atom stereocenters. The van der Waals surface area contributed by atoms with Gasteiger partial charge >= 0.3 is 0 Å². The van der Waals surface area contributed by atoms with Gasteiger partial charge in [-0.15, -0.1) is 0 Å². The van der Waals surface area contributed by atoms with Gasteiger partial charge in [0.05, 0.1) is 7.11 Å². The Balaban J connectivity index is 2.84. The molecule has 0 saturated carbocycles. The maximum Gasteiger partial charge on any atom is 0.215 e. The summed E-state index contributed by atoms with van der Waals surface area (Å²) >= 11 is 0. The van der Waals surface area contributed by atoms with Crippen molar-refractivity contribution in [2.45, 2.75) is 32.7 Å². The van der Waals surface area contributed by atoms with Gasteiger partial charge in [0.1, 0.15) is 0 Å². The second-order valence-electron chi connectivity index (χ2n) is 4.48. The number of pyridine rings is 1. The molecule has 0 aliphatic carbocycles. The van der Waals surface area contributed by atoms with E-state index in [1.807, 2.05) is 20.2 Å². The van der Waals surface area contributed by atoms with Crippen LogP contribution in [0.25, 0.3) is 0 Å². The first-order chi connectivity index (χ1) is 6.98. The molecule has 1 rings (SSSR count). The Hall–Kier alpha value is -1.09. The van der Waals surface area contributed by atoms with Gasteiger partial charge in [0.25, 0.3) is 0 Å². The Morgan fingerprint density at radius 3 is 2.60 bits per heavy atom. The molecule has 1 aromatic heterocycles. The van der Waals surface area contributed by atoms with Crippen molar-refractivity contribution in [1.29, 1.82) is 0 Å². The summed E-state index contributed by atoms with van der Waals surface area (Å²) in [5.41, 5.74) is 2.41.